The summed E-state index contributed by atoms with van der Waals surface area (Å²) in [5.41, 5.74) is 1.55. The molecule has 2 aromatic carbocycles. The van der Waals surface area contributed by atoms with E-state index in [9.17, 15) is 9.90 Å². The largest absolute Gasteiger partial charge is 0.504 e. The molecular formula is C23H28O8. The molecule has 1 aliphatic rings. The molecule has 168 valence electrons. The van der Waals surface area contributed by atoms with Gasteiger partial charge in [-0.25, -0.2) is 0 Å². The third-order valence-electron chi connectivity index (χ3n) is 5.75. The van der Waals surface area contributed by atoms with E-state index in [1.165, 1.54) is 21.3 Å². The molecule has 1 aliphatic heterocycles. The molecule has 8 heteroatoms. The van der Waals surface area contributed by atoms with Gasteiger partial charge >= 0.3 is 5.97 Å². The van der Waals surface area contributed by atoms with Gasteiger partial charge in [-0.1, -0.05) is 6.92 Å². The van der Waals surface area contributed by atoms with Crippen LogP contribution in [0.5, 0.6) is 34.5 Å². The van der Waals surface area contributed by atoms with E-state index in [0.717, 1.165) is 11.1 Å². The molecule has 8 nitrogen and oxygen atoms in total. The first-order valence-electron chi connectivity index (χ1n) is 9.81. The topological polar surface area (TPSA) is 92.7 Å². The van der Waals surface area contributed by atoms with Crippen LogP contribution < -0.4 is 23.7 Å². The molecule has 1 N–H and O–H groups in total. The SMILES string of the molecule is COc1cc(C(c2cc(OC)c(OC)c(OC)c2)[C@@H]2COC(=O)[C@H]2C)cc(O)c1OC. The van der Waals surface area contributed by atoms with Gasteiger partial charge in [-0.05, 0) is 35.4 Å². The third-order valence-corrected chi connectivity index (χ3v) is 5.75. The standard InChI is InChI=1S/C23H28O8/c1-12-15(11-31-23(12)25)20(13-7-16(24)21(29-5)17(8-13)26-2)14-9-18(27-3)22(30-6)19(10-14)28-4/h7-10,12,15,20,24H,11H2,1-6H3/t12-,15+,20?/m0/s1. The lowest BCUT2D eigenvalue weighted by Gasteiger charge is -2.27. The van der Waals surface area contributed by atoms with Crippen LogP contribution in [0.1, 0.15) is 24.0 Å². The van der Waals surface area contributed by atoms with Crippen molar-refractivity contribution in [2.24, 2.45) is 11.8 Å². The molecule has 0 amide bonds. The quantitative estimate of drug-likeness (QED) is 0.635. The molecule has 0 spiro atoms. The molecular weight excluding hydrogens is 404 g/mol. The lowest BCUT2D eigenvalue weighted by molar-refractivity contribution is -0.140. The molecule has 1 fully saturated rings. The number of rotatable bonds is 8. The predicted octanol–water partition coefficient (Wildman–Crippen LogP) is 3.38. The van der Waals surface area contributed by atoms with E-state index in [1.54, 1.807) is 26.4 Å². The van der Waals surface area contributed by atoms with E-state index in [0.29, 0.717) is 23.0 Å². The van der Waals surface area contributed by atoms with E-state index in [1.807, 2.05) is 19.1 Å². The molecule has 31 heavy (non-hydrogen) atoms. The summed E-state index contributed by atoms with van der Waals surface area (Å²) in [4.78, 5) is 12.2. The maximum Gasteiger partial charge on any atom is 0.309 e. The minimum absolute atomic E-state index is 0.0628. The maximum absolute atomic E-state index is 12.2. The van der Waals surface area contributed by atoms with Gasteiger partial charge < -0.3 is 33.5 Å². The Balaban J connectivity index is 2.24. The van der Waals surface area contributed by atoms with Crippen molar-refractivity contribution in [1.29, 1.82) is 0 Å². The minimum atomic E-state index is -0.348. The van der Waals surface area contributed by atoms with Gasteiger partial charge in [0.1, 0.15) is 0 Å². The number of cyclic esters (lactones) is 1. The van der Waals surface area contributed by atoms with Gasteiger partial charge in [-0.2, -0.15) is 0 Å². The van der Waals surface area contributed by atoms with Crippen LogP contribution in [0.15, 0.2) is 24.3 Å². The van der Waals surface area contributed by atoms with Gasteiger partial charge in [0.25, 0.3) is 0 Å². The number of phenols is 1. The van der Waals surface area contributed by atoms with E-state index in [4.69, 9.17) is 28.4 Å². The Morgan fingerprint density at radius 1 is 0.839 bits per heavy atom. The number of benzene rings is 2. The van der Waals surface area contributed by atoms with Crippen molar-refractivity contribution in [2.45, 2.75) is 12.8 Å². The van der Waals surface area contributed by atoms with Gasteiger partial charge in [0.15, 0.2) is 23.0 Å². The van der Waals surface area contributed by atoms with Crippen molar-refractivity contribution >= 4 is 5.97 Å². The summed E-state index contributed by atoms with van der Waals surface area (Å²) < 4.78 is 32.5. The number of esters is 1. The number of methoxy groups -OCH3 is 5. The number of carbonyl (C=O) groups excluding carboxylic acids is 1. The number of aromatic hydroxyl groups is 1. The van der Waals surface area contributed by atoms with Crippen LogP contribution in [0.2, 0.25) is 0 Å². The molecule has 1 heterocycles. The lowest BCUT2D eigenvalue weighted by Crippen LogP contribution is -2.22. The molecule has 0 saturated carbocycles. The summed E-state index contributed by atoms with van der Waals surface area (Å²) >= 11 is 0. The van der Waals surface area contributed by atoms with Crippen LogP contribution in [0, 0.1) is 11.8 Å². The Kier molecular flexibility index (Phi) is 6.68. The maximum atomic E-state index is 12.2. The highest BCUT2D eigenvalue weighted by molar-refractivity contribution is 5.75. The van der Waals surface area contributed by atoms with Crippen LogP contribution in [0.3, 0.4) is 0 Å². The second-order valence-electron chi connectivity index (χ2n) is 7.29. The summed E-state index contributed by atoms with van der Waals surface area (Å²) in [6, 6.07) is 7.09. The predicted molar refractivity (Wildman–Crippen MR) is 113 cm³/mol. The summed E-state index contributed by atoms with van der Waals surface area (Å²) in [7, 11) is 7.58. The molecule has 0 bridgehead atoms. The summed E-state index contributed by atoms with van der Waals surface area (Å²) in [5, 5.41) is 10.6. The second kappa shape index (κ2) is 9.24. The normalized spacial score (nSPS) is 18.8. The Hall–Kier alpha value is -3.29. The molecule has 3 atom stereocenters. The fourth-order valence-corrected chi connectivity index (χ4v) is 4.13. The third kappa shape index (κ3) is 4.02. The Bertz CT molecular complexity index is 930. The van der Waals surface area contributed by atoms with Gasteiger partial charge in [0, 0.05) is 11.8 Å². The van der Waals surface area contributed by atoms with Crippen molar-refractivity contribution in [3.8, 4) is 34.5 Å². The average molecular weight is 432 g/mol. The number of hydrogen-bond donors (Lipinski definition) is 1. The molecule has 0 aromatic heterocycles. The van der Waals surface area contributed by atoms with Gasteiger partial charge in [-0.3, -0.25) is 4.79 Å². The monoisotopic (exact) mass is 432 g/mol. The van der Waals surface area contributed by atoms with E-state index < -0.39 is 0 Å². The van der Waals surface area contributed by atoms with Crippen LogP contribution >= 0.6 is 0 Å². The average Bonchev–Trinajstić information content (AvgIpc) is 3.10. The molecule has 0 radical (unpaired) electrons. The Morgan fingerprint density at radius 2 is 1.32 bits per heavy atom. The number of ether oxygens (including phenoxy) is 6. The van der Waals surface area contributed by atoms with E-state index >= 15 is 0 Å². The highest BCUT2D eigenvalue weighted by atomic mass is 16.5. The highest BCUT2D eigenvalue weighted by Crippen LogP contribution is 2.48. The number of hydrogen-bond acceptors (Lipinski definition) is 8. The zero-order valence-corrected chi connectivity index (χ0v) is 18.6. The number of carbonyl (C=O) groups is 1. The number of phenolic OH excluding ortho intramolecular Hbond substituents is 1. The van der Waals surface area contributed by atoms with Gasteiger partial charge in [-0.15, -0.1) is 0 Å². The molecule has 3 rings (SSSR count). The minimum Gasteiger partial charge on any atom is -0.504 e. The molecule has 1 unspecified atom stereocenters. The van der Waals surface area contributed by atoms with Crippen molar-refractivity contribution in [2.75, 3.05) is 42.2 Å². The fraction of sp³-hybridized carbons (Fsp3) is 0.435. The molecule has 1 saturated heterocycles. The highest BCUT2D eigenvalue weighted by Gasteiger charge is 2.41. The zero-order valence-electron chi connectivity index (χ0n) is 18.6. The summed E-state index contributed by atoms with van der Waals surface area (Å²) in [6.45, 7) is 2.09. The van der Waals surface area contributed by atoms with Crippen LogP contribution in [0.4, 0.5) is 0 Å². The summed E-state index contributed by atoms with van der Waals surface area (Å²) in [6.07, 6.45) is 0. The lowest BCUT2D eigenvalue weighted by atomic mass is 9.76. The van der Waals surface area contributed by atoms with Crippen molar-refractivity contribution in [3.05, 3.63) is 35.4 Å². The Morgan fingerprint density at radius 3 is 1.74 bits per heavy atom. The first-order valence-corrected chi connectivity index (χ1v) is 9.81. The molecule has 0 aliphatic carbocycles. The molecule has 2 aromatic rings. The fourth-order valence-electron chi connectivity index (χ4n) is 4.13. The van der Waals surface area contributed by atoms with E-state index in [-0.39, 0.29) is 41.8 Å². The van der Waals surface area contributed by atoms with Crippen LogP contribution in [0.25, 0.3) is 0 Å². The smallest absolute Gasteiger partial charge is 0.309 e. The first-order chi connectivity index (χ1) is 14.9. The van der Waals surface area contributed by atoms with Gasteiger partial charge in [0.2, 0.25) is 11.5 Å². The van der Waals surface area contributed by atoms with Crippen LogP contribution in [-0.2, 0) is 9.53 Å². The van der Waals surface area contributed by atoms with Gasteiger partial charge in [0.05, 0.1) is 48.1 Å². The first kappa shape index (κ1) is 22.4. The van der Waals surface area contributed by atoms with E-state index in [2.05, 4.69) is 0 Å². The van der Waals surface area contributed by atoms with Crippen molar-refractivity contribution in [3.63, 3.8) is 0 Å². The van der Waals surface area contributed by atoms with Crippen LogP contribution in [-0.4, -0.2) is 53.2 Å². The zero-order chi connectivity index (χ0) is 22.7. The van der Waals surface area contributed by atoms with Crippen molar-refractivity contribution in [1.82, 2.24) is 0 Å². The summed E-state index contributed by atoms with van der Waals surface area (Å²) in [5.74, 6) is 0.880. The van der Waals surface area contributed by atoms with Crippen molar-refractivity contribution < 1.29 is 38.3 Å². The Labute approximate surface area is 181 Å². The second-order valence-corrected chi connectivity index (χ2v) is 7.29.